The Morgan fingerprint density at radius 2 is 1.67 bits per heavy atom. The monoisotopic (exact) mass is 594 g/mol. The van der Waals surface area contributed by atoms with Crippen molar-refractivity contribution in [2.75, 3.05) is 32.8 Å². The molecule has 1 amide bonds. The summed E-state index contributed by atoms with van der Waals surface area (Å²) in [6.07, 6.45) is 10.6. The summed E-state index contributed by atoms with van der Waals surface area (Å²) in [4.78, 5) is 29.1. The van der Waals surface area contributed by atoms with Crippen molar-refractivity contribution < 1.29 is 23.8 Å². The molecular formula is C34H43ClN2O5. The second kappa shape index (κ2) is 15.1. The highest BCUT2D eigenvalue weighted by atomic mass is 35.5. The van der Waals surface area contributed by atoms with Crippen molar-refractivity contribution in [1.29, 1.82) is 0 Å². The van der Waals surface area contributed by atoms with Gasteiger partial charge in [-0.15, -0.1) is 0 Å². The van der Waals surface area contributed by atoms with Crippen LogP contribution >= 0.6 is 11.6 Å². The summed E-state index contributed by atoms with van der Waals surface area (Å²) >= 11 is 6.50. The molecule has 2 aromatic carbocycles. The molecule has 2 aromatic rings. The summed E-state index contributed by atoms with van der Waals surface area (Å²) in [6, 6.07) is 15.7. The third-order valence-corrected chi connectivity index (χ3v) is 8.98. The molecule has 0 bridgehead atoms. The number of likely N-dealkylation sites (tertiary alicyclic amines) is 2. The number of hydrogen-bond donors (Lipinski definition) is 0. The van der Waals surface area contributed by atoms with Crippen LogP contribution in [0.25, 0.3) is 0 Å². The van der Waals surface area contributed by atoms with Gasteiger partial charge in [-0.1, -0.05) is 66.6 Å². The zero-order chi connectivity index (χ0) is 29.3. The standard InChI is InChI=1S/C34H43ClN2O5/c1-25(38)12-4-2-5-13-26-24-40-33(28-14-6-8-16-30(28)35)42-32(26)29-15-7-9-17-31(29)41-34(39)37-22-18-27(19-23-37)36-20-10-3-11-21-36/h2,5-9,14-17,26-27,32-33H,3-4,10-13,18-24H2,1H3/b5-2-/t26-,32+,33+/m1/s1. The van der Waals surface area contributed by atoms with Crippen molar-refractivity contribution in [3.05, 3.63) is 76.8 Å². The van der Waals surface area contributed by atoms with Crippen LogP contribution in [0.15, 0.2) is 60.7 Å². The lowest BCUT2D eigenvalue weighted by molar-refractivity contribution is -0.244. The van der Waals surface area contributed by atoms with Gasteiger partial charge in [0.2, 0.25) is 0 Å². The van der Waals surface area contributed by atoms with Gasteiger partial charge in [0.05, 0.1) is 12.7 Å². The lowest BCUT2D eigenvalue weighted by Crippen LogP contribution is -2.48. The van der Waals surface area contributed by atoms with E-state index >= 15 is 0 Å². The van der Waals surface area contributed by atoms with Crippen LogP contribution in [0, 0.1) is 5.92 Å². The van der Waals surface area contributed by atoms with E-state index in [1.807, 2.05) is 59.5 Å². The fourth-order valence-electron chi connectivity index (χ4n) is 6.27. The van der Waals surface area contributed by atoms with Crippen LogP contribution in [0.3, 0.4) is 0 Å². The number of benzene rings is 2. The highest BCUT2D eigenvalue weighted by molar-refractivity contribution is 6.31. The van der Waals surface area contributed by atoms with Crippen molar-refractivity contribution in [3.63, 3.8) is 0 Å². The van der Waals surface area contributed by atoms with Crippen LogP contribution in [0.4, 0.5) is 4.79 Å². The molecule has 3 aliphatic heterocycles. The summed E-state index contributed by atoms with van der Waals surface area (Å²) < 4.78 is 18.8. The Morgan fingerprint density at radius 1 is 0.952 bits per heavy atom. The molecule has 3 aliphatic rings. The highest BCUT2D eigenvalue weighted by Crippen LogP contribution is 2.44. The van der Waals surface area contributed by atoms with E-state index in [1.165, 1.54) is 32.4 Å². The van der Waals surface area contributed by atoms with Gasteiger partial charge in [0.25, 0.3) is 0 Å². The molecule has 226 valence electrons. The van der Waals surface area contributed by atoms with Crippen molar-refractivity contribution >= 4 is 23.5 Å². The van der Waals surface area contributed by atoms with Gasteiger partial charge >= 0.3 is 6.09 Å². The Balaban J connectivity index is 1.29. The Kier molecular flexibility index (Phi) is 11.1. The normalized spacial score (nSPS) is 24.1. The molecule has 3 atom stereocenters. The number of halogens is 1. The fourth-order valence-corrected chi connectivity index (χ4v) is 6.49. The van der Waals surface area contributed by atoms with Gasteiger partial charge in [-0.25, -0.2) is 4.79 Å². The summed E-state index contributed by atoms with van der Waals surface area (Å²) in [5, 5.41) is 0.580. The number of Topliss-reactive ketones (excluding diaryl/α,β-unsaturated/α-hetero) is 1. The average molecular weight is 595 g/mol. The van der Waals surface area contributed by atoms with Gasteiger partial charge in [0.15, 0.2) is 6.29 Å². The largest absolute Gasteiger partial charge is 0.415 e. The van der Waals surface area contributed by atoms with Crippen molar-refractivity contribution in [1.82, 2.24) is 9.80 Å². The highest BCUT2D eigenvalue weighted by Gasteiger charge is 2.36. The molecule has 0 aromatic heterocycles. The van der Waals surface area contributed by atoms with E-state index in [1.54, 1.807) is 6.92 Å². The summed E-state index contributed by atoms with van der Waals surface area (Å²) in [6.45, 7) is 5.82. The number of rotatable bonds is 9. The molecule has 0 saturated carbocycles. The summed E-state index contributed by atoms with van der Waals surface area (Å²) in [5.74, 6) is 0.671. The van der Waals surface area contributed by atoms with E-state index in [0.717, 1.165) is 24.0 Å². The molecule has 0 N–H and O–H groups in total. The first-order valence-electron chi connectivity index (χ1n) is 15.4. The fraction of sp³-hybridized carbons (Fsp3) is 0.529. The molecule has 8 heteroatoms. The number of allylic oxidation sites excluding steroid dienone is 2. The molecule has 3 fully saturated rings. The first kappa shape index (κ1) is 30.7. The van der Waals surface area contributed by atoms with E-state index < -0.39 is 6.29 Å². The maximum atomic E-state index is 13.4. The Labute approximate surface area is 254 Å². The predicted molar refractivity (Wildman–Crippen MR) is 164 cm³/mol. The van der Waals surface area contributed by atoms with Crippen molar-refractivity contribution in [2.24, 2.45) is 5.92 Å². The maximum absolute atomic E-state index is 13.4. The zero-order valence-corrected chi connectivity index (χ0v) is 25.3. The van der Waals surface area contributed by atoms with Crippen LogP contribution < -0.4 is 4.74 Å². The van der Waals surface area contributed by atoms with Gasteiger partial charge in [-0.2, -0.15) is 0 Å². The van der Waals surface area contributed by atoms with Crippen molar-refractivity contribution in [3.8, 4) is 5.75 Å². The number of carbonyl (C=O) groups is 2. The lowest BCUT2D eigenvalue weighted by Gasteiger charge is -2.40. The first-order valence-corrected chi connectivity index (χ1v) is 15.8. The third-order valence-electron chi connectivity index (χ3n) is 8.64. The van der Waals surface area contributed by atoms with E-state index in [9.17, 15) is 9.59 Å². The van der Waals surface area contributed by atoms with E-state index in [0.29, 0.717) is 55.8 Å². The molecular weight excluding hydrogens is 552 g/mol. The van der Waals surface area contributed by atoms with Crippen LogP contribution in [0.5, 0.6) is 5.75 Å². The second-order valence-electron chi connectivity index (χ2n) is 11.7. The minimum absolute atomic E-state index is 0.0162. The molecule has 3 saturated heterocycles. The van der Waals surface area contributed by atoms with E-state index in [-0.39, 0.29) is 23.9 Å². The van der Waals surface area contributed by atoms with Crippen LogP contribution in [-0.2, 0) is 14.3 Å². The molecule has 42 heavy (non-hydrogen) atoms. The van der Waals surface area contributed by atoms with Crippen LogP contribution in [0.1, 0.15) is 81.8 Å². The number of ether oxygens (including phenoxy) is 3. The van der Waals surface area contributed by atoms with Gasteiger partial charge in [0, 0.05) is 47.6 Å². The van der Waals surface area contributed by atoms with Gasteiger partial charge in [0.1, 0.15) is 11.5 Å². The summed E-state index contributed by atoms with van der Waals surface area (Å²) in [5.41, 5.74) is 1.59. The topological polar surface area (TPSA) is 68.3 Å². The Morgan fingerprint density at radius 3 is 2.40 bits per heavy atom. The second-order valence-corrected chi connectivity index (χ2v) is 12.1. The number of ketones is 1. The molecule has 0 aliphatic carbocycles. The zero-order valence-electron chi connectivity index (χ0n) is 24.6. The van der Waals surface area contributed by atoms with Gasteiger partial charge < -0.3 is 28.8 Å². The van der Waals surface area contributed by atoms with E-state index in [4.69, 9.17) is 25.8 Å². The summed E-state index contributed by atoms with van der Waals surface area (Å²) in [7, 11) is 0. The number of para-hydroxylation sites is 1. The SMILES string of the molecule is CC(=O)CC/C=C\C[C@@H]1CO[C@H](c2ccccc2Cl)O[C@@H]1c1ccccc1OC(=O)N1CCC(N2CCCCC2)CC1. The van der Waals surface area contributed by atoms with Crippen LogP contribution in [-0.4, -0.2) is 60.5 Å². The van der Waals surface area contributed by atoms with E-state index in [2.05, 4.69) is 11.0 Å². The molecule has 3 heterocycles. The average Bonchev–Trinajstić information content (AvgIpc) is 3.02. The quantitative estimate of drug-likeness (QED) is 0.280. The first-order chi connectivity index (χ1) is 20.5. The molecule has 7 nitrogen and oxygen atoms in total. The molecule has 0 radical (unpaired) electrons. The molecule has 0 spiro atoms. The Hall–Kier alpha value is -2.71. The van der Waals surface area contributed by atoms with Gasteiger partial charge in [-0.3, -0.25) is 0 Å². The van der Waals surface area contributed by atoms with Crippen LogP contribution in [0.2, 0.25) is 5.02 Å². The number of amides is 1. The minimum Gasteiger partial charge on any atom is -0.410 e. The number of piperidine rings is 2. The third kappa shape index (κ3) is 8.01. The molecule has 5 rings (SSSR count). The maximum Gasteiger partial charge on any atom is 0.415 e. The smallest absolute Gasteiger partial charge is 0.410 e. The minimum atomic E-state index is -0.640. The predicted octanol–water partition coefficient (Wildman–Crippen LogP) is 7.51. The number of nitrogens with zero attached hydrogens (tertiary/aromatic N) is 2. The number of carbonyl (C=O) groups excluding carboxylic acids is 2. The number of hydrogen-bond acceptors (Lipinski definition) is 6. The van der Waals surface area contributed by atoms with Crippen molar-refractivity contribution in [2.45, 2.75) is 76.7 Å². The lowest BCUT2D eigenvalue weighted by atomic mass is 9.91. The molecule has 0 unspecified atom stereocenters. The van der Waals surface area contributed by atoms with Gasteiger partial charge in [-0.05, 0) is 70.7 Å². The Bertz CT molecular complexity index is 1220.